The summed E-state index contributed by atoms with van der Waals surface area (Å²) in [5.74, 6) is -1.11. The Morgan fingerprint density at radius 1 is 1.15 bits per heavy atom. The first-order valence-corrected chi connectivity index (χ1v) is 14.1. The van der Waals surface area contributed by atoms with Crippen LogP contribution in [0.1, 0.15) is 49.8 Å². The molecule has 1 aliphatic carbocycles. The third-order valence-corrected chi connectivity index (χ3v) is 8.74. The number of aliphatic imine (C=N–C) groups is 1. The van der Waals surface area contributed by atoms with E-state index >= 15 is 0 Å². The molecule has 0 spiro atoms. The molecule has 1 N–H and O–H groups in total. The van der Waals surface area contributed by atoms with Crippen LogP contribution in [0.25, 0.3) is 0 Å². The highest BCUT2D eigenvalue weighted by Gasteiger charge is 2.55. The van der Waals surface area contributed by atoms with Crippen LogP contribution >= 0.6 is 11.8 Å². The number of allylic oxidation sites excluding steroid dienone is 2. The fourth-order valence-electron chi connectivity index (χ4n) is 5.78. The predicted octanol–water partition coefficient (Wildman–Crippen LogP) is 6.24. The van der Waals surface area contributed by atoms with E-state index in [1.54, 1.807) is 32.8 Å². The van der Waals surface area contributed by atoms with E-state index in [9.17, 15) is 41.0 Å². The fraction of sp³-hybridized carbons (Fsp3) is 0.607. The lowest BCUT2D eigenvalue weighted by Crippen LogP contribution is -2.44. The summed E-state index contributed by atoms with van der Waals surface area (Å²) in [6.45, 7) is 3.93. The fourth-order valence-corrected chi connectivity index (χ4v) is 6.67. The molecule has 2 heterocycles. The quantitative estimate of drug-likeness (QED) is 0.373. The van der Waals surface area contributed by atoms with Crippen molar-refractivity contribution >= 4 is 28.6 Å². The number of hydrogen-bond acceptors (Lipinski definition) is 5. The Labute approximate surface area is 238 Å². The van der Waals surface area contributed by atoms with Crippen molar-refractivity contribution in [3.63, 3.8) is 0 Å². The van der Waals surface area contributed by atoms with Gasteiger partial charge in [-0.2, -0.15) is 26.3 Å². The Bertz CT molecular complexity index is 1240. The molecule has 3 atom stereocenters. The maximum absolute atomic E-state index is 13.6. The average molecular weight is 606 g/mol. The predicted molar refractivity (Wildman–Crippen MR) is 143 cm³/mol. The SMILES string of the molecule is CN(C)C(=O)[C@@H](C1CC1C1=NC(=O)S/C1=C\C1CCN(Cc2ccc(C(F)(F)F)cc2C(F)(F)F)CC1)C(C)(C)O. The molecule has 2 aliphatic heterocycles. The average Bonchev–Trinajstić information content (AvgIpc) is 3.51. The highest BCUT2D eigenvalue weighted by molar-refractivity contribution is 8.18. The minimum atomic E-state index is -4.91. The van der Waals surface area contributed by atoms with Crippen molar-refractivity contribution in [2.45, 2.75) is 57.6 Å². The Morgan fingerprint density at radius 3 is 2.32 bits per heavy atom. The lowest BCUT2D eigenvalue weighted by atomic mass is 9.84. The zero-order chi connectivity index (χ0) is 30.5. The van der Waals surface area contributed by atoms with Crippen molar-refractivity contribution in [3.05, 3.63) is 45.9 Å². The molecule has 1 aromatic rings. The monoisotopic (exact) mass is 605 g/mol. The van der Waals surface area contributed by atoms with E-state index in [0.717, 1.165) is 22.7 Å². The van der Waals surface area contributed by atoms with E-state index in [4.69, 9.17) is 0 Å². The van der Waals surface area contributed by atoms with Crippen molar-refractivity contribution < 1.29 is 41.0 Å². The van der Waals surface area contributed by atoms with E-state index in [-0.39, 0.29) is 47.1 Å². The number of nitrogens with zero attached hydrogens (tertiary/aromatic N) is 3. The molecule has 0 bridgehead atoms. The van der Waals surface area contributed by atoms with Gasteiger partial charge in [-0.3, -0.25) is 14.5 Å². The van der Waals surface area contributed by atoms with Gasteiger partial charge < -0.3 is 10.0 Å². The second-order valence-electron chi connectivity index (χ2n) is 11.7. The first-order valence-electron chi connectivity index (χ1n) is 13.3. The van der Waals surface area contributed by atoms with Crippen LogP contribution in [0.5, 0.6) is 0 Å². The van der Waals surface area contributed by atoms with Gasteiger partial charge >= 0.3 is 17.6 Å². The number of likely N-dealkylation sites (tertiary alicyclic amines) is 1. The smallest absolute Gasteiger partial charge is 0.390 e. The molecule has 41 heavy (non-hydrogen) atoms. The third kappa shape index (κ3) is 7.34. The minimum Gasteiger partial charge on any atom is -0.390 e. The van der Waals surface area contributed by atoms with Gasteiger partial charge in [0.2, 0.25) is 5.91 Å². The molecule has 2 fully saturated rings. The van der Waals surface area contributed by atoms with Gasteiger partial charge in [0.15, 0.2) is 0 Å². The third-order valence-electron chi connectivity index (χ3n) is 7.90. The number of hydrogen-bond donors (Lipinski definition) is 1. The zero-order valence-corrected chi connectivity index (χ0v) is 24.0. The Kier molecular flexibility index (Phi) is 8.75. The van der Waals surface area contributed by atoms with Gasteiger partial charge in [-0.1, -0.05) is 12.1 Å². The number of rotatable bonds is 7. The first-order chi connectivity index (χ1) is 18.9. The largest absolute Gasteiger partial charge is 0.416 e. The molecule has 6 nitrogen and oxygen atoms in total. The number of halogens is 6. The first kappa shape index (κ1) is 31.6. The summed E-state index contributed by atoms with van der Waals surface area (Å²) < 4.78 is 79.7. The molecule has 3 aliphatic rings. The van der Waals surface area contributed by atoms with Crippen LogP contribution in [0.2, 0.25) is 0 Å². The van der Waals surface area contributed by atoms with Crippen LogP contribution < -0.4 is 0 Å². The van der Waals surface area contributed by atoms with Crippen LogP contribution in [0.3, 0.4) is 0 Å². The van der Waals surface area contributed by atoms with Crippen LogP contribution in [-0.2, 0) is 23.7 Å². The zero-order valence-electron chi connectivity index (χ0n) is 23.1. The summed E-state index contributed by atoms with van der Waals surface area (Å²) in [6, 6.07) is 1.75. The lowest BCUT2D eigenvalue weighted by molar-refractivity contribution is -0.144. The van der Waals surface area contributed by atoms with Gasteiger partial charge in [0.1, 0.15) is 0 Å². The molecule has 0 radical (unpaired) electrons. The van der Waals surface area contributed by atoms with Crippen molar-refractivity contribution in [1.29, 1.82) is 0 Å². The molecule has 1 aromatic carbocycles. The van der Waals surface area contributed by atoms with Gasteiger partial charge in [-0.25, -0.2) is 4.99 Å². The van der Waals surface area contributed by atoms with Crippen LogP contribution in [0.4, 0.5) is 31.1 Å². The van der Waals surface area contributed by atoms with E-state index in [2.05, 4.69) is 4.99 Å². The number of thioether (sulfide) groups is 1. The summed E-state index contributed by atoms with van der Waals surface area (Å²) in [4.78, 5) is 33.2. The second kappa shape index (κ2) is 11.4. The summed E-state index contributed by atoms with van der Waals surface area (Å²) in [5, 5.41) is 10.3. The molecular weight excluding hydrogens is 572 g/mol. The van der Waals surface area contributed by atoms with Crippen molar-refractivity contribution in [1.82, 2.24) is 9.80 Å². The van der Waals surface area contributed by atoms with Gasteiger partial charge in [0, 0.05) is 31.5 Å². The van der Waals surface area contributed by atoms with E-state index in [1.165, 1.54) is 4.90 Å². The number of piperidine rings is 1. The number of benzene rings is 1. The summed E-state index contributed by atoms with van der Waals surface area (Å²) in [5.41, 5.74) is -3.46. The van der Waals surface area contributed by atoms with Gasteiger partial charge in [-0.05, 0) is 87.5 Å². The molecular formula is C28H33F6N3O3S. The number of alkyl halides is 6. The second-order valence-corrected chi connectivity index (χ2v) is 12.7. The molecule has 226 valence electrons. The summed E-state index contributed by atoms with van der Waals surface area (Å²) >= 11 is 1.01. The molecule has 4 rings (SSSR count). The van der Waals surface area contributed by atoms with E-state index < -0.39 is 35.0 Å². The molecule has 2 unspecified atom stereocenters. The summed E-state index contributed by atoms with van der Waals surface area (Å²) in [6.07, 6.45) is -6.02. The Morgan fingerprint density at radius 2 is 1.78 bits per heavy atom. The minimum absolute atomic E-state index is 0.0326. The number of carbonyl (C=O) groups excluding carboxylic acids is 2. The van der Waals surface area contributed by atoms with Gasteiger partial charge in [-0.15, -0.1) is 0 Å². The lowest BCUT2D eigenvalue weighted by Gasteiger charge is -2.32. The molecule has 1 saturated carbocycles. The van der Waals surface area contributed by atoms with Gasteiger partial charge in [0.25, 0.3) is 0 Å². The summed E-state index contributed by atoms with van der Waals surface area (Å²) in [7, 11) is 3.26. The Hall–Kier alpha value is -2.38. The standard InChI is InChI=1S/C28H33F6N3O3S/c1-26(2,40)22(24(38)36(3)4)18-13-19(18)23-21(41-25(39)35-23)11-15-7-9-37(10-8-15)14-16-5-6-17(27(29,30)31)12-20(16)28(32,33)34/h5-6,11-12,15,18-19,22,40H,7-10,13-14H2,1-4H3/b21-11-/t18?,19?,22-/m1/s1. The molecule has 0 aromatic heterocycles. The van der Waals surface area contributed by atoms with Gasteiger partial charge in [0.05, 0.1) is 28.4 Å². The number of carbonyl (C=O) groups is 2. The number of aliphatic hydroxyl groups is 1. The maximum Gasteiger partial charge on any atom is 0.416 e. The van der Waals surface area contributed by atoms with Crippen LogP contribution in [0.15, 0.2) is 34.2 Å². The maximum atomic E-state index is 13.6. The Balaban J connectivity index is 1.42. The van der Waals surface area contributed by atoms with E-state index in [0.29, 0.717) is 44.1 Å². The van der Waals surface area contributed by atoms with Crippen LogP contribution in [0, 0.1) is 23.7 Å². The molecule has 2 amide bonds. The molecule has 13 heteroatoms. The van der Waals surface area contributed by atoms with Crippen molar-refractivity contribution in [2.75, 3.05) is 27.2 Å². The highest BCUT2D eigenvalue weighted by Crippen LogP contribution is 2.53. The normalized spacial score (nSPS) is 24.5. The molecule has 1 saturated heterocycles. The van der Waals surface area contributed by atoms with Crippen molar-refractivity contribution in [3.8, 4) is 0 Å². The highest BCUT2D eigenvalue weighted by atomic mass is 32.2. The van der Waals surface area contributed by atoms with E-state index in [1.807, 2.05) is 6.08 Å². The topological polar surface area (TPSA) is 73.2 Å². The van der Waals surface area contributed by atoms with Crippen molar-refractivity contribution in [2.24, 2.45) is 28.7 Å². The van der Waals surface area contributed by atoms with Crippen LogP contribution in [-0.4, -0.2) is 64.6 Å². The number of amides is 2.